The Kier molecular flexibility index (Phi) is 5.65. The summed E-state index contributed by atoms with van der Waals surface area (Å²) >= 11 is 0. The summed E-state index contributed by atoms with van der Waals surface area (Å²) in [7, 11) is 1.63. The van der Waals surface area contributed by atoms with Crippen molar-refractivity contribution in [1.29, 1.82) is 0 Å². The number of methoxy groups -OCH3 is 1. The molecule has 2 N–H and O–H groups in total. The maximum Gasteiger partial charge on any atom is 0.276 e. The molecule has 0 saturated carbocycles. The van der Waals surface area contributed by atoms with Gasteiger partial charge in [0.1, 0.15) is 5.82 Å². The number of nitrogens with zero attached hydrogens (tertiary/aromatic N) is 2. The Labute approximate surface area is 136 Å². The highest BCUT2D eigenvalue weighted by molar-refractivity contribution is 6.03. The average molecular weight is 314 g/mol. The van der Waals surface area contributed by atoms with Gasteiger partial charge in [-0.05, 0) is 44.0 Å². The molecule has 0 aliphatic carbocycles. The molecule has 0 saturated heterocycles. The molecular weight excluding hydrogens is 292 g/mol. The van der Waals surface area contributed by atoms with Gasteiger partial charge in [0.15, 0.2) is 5.69 Å². The number of ether oxygens (including phenoxy) is 1. The van der Waals surface area contributed by atoms with E-state index in [4.69, 9.17) is 4.74 Å². The van der Waals surface area contributed by atoms with E-state index in [9.17, 15) is 4.79 Å². The SMILES string of the molecule is COCCNc1ccc(C(=O)Nc2c(C)cc(C)cc2C)nn1. The molecule has 1 amide bonds. The summed E-state index contributed by atoms with van der Waals surface area (Å²) in [6, 6.07) is 7.46. The molecule has 0 aliphatic heterocycles. The fourth-order valence-corrected chi connectivity index (χ4v) is 2.38. The molecule has 0 unspecified atom stereocenters. The van der Waals surface area contributed by atoms with Crippen molar-refractivity contribution >= 4 is 17.4 Å². The zero-order chi connectivity index (χ0) is 16.8. The predicted octanol–water partition coefficient (Wildman–Crippen LogP) is 2.71. The highest BCUT2D eigenvalue weighted by atomic mass is 16.5. The zero-order valence-electron chi connectivity index (χ0n) is 13.9. The molecule has 1 aromatic heterocycles. The van der Waals surface area contributed by atoms with Crippen LogP contribution in [0, 0.1) is 20.8 Å². The highest BCUT2D eigenvalue weighted by Gasteiger charge is 2.12. The molecule has 122 valence electrons. The molecule has 1 aromatic carbocycles. The highest BCUT2D eigenvalue weighted by Crippen LogP contribution is 2.22. The van der Waals surface area contributed by atoms with Gasteiger partial charge in [0, 0.05) is 19.3 Å². The molecule has 6 heteroatoms. The molecule has 0 spiro atoms. The Morgan fingerprint density at radius 1 is 1.13 bits per heavy atom. The van der Waals surface area contributed by atoms with Gasteiger partial charge in [-0.15, -0.1) is 10.2 Å². The molecule has 1 heterocycles. The molecule has 2 rings (SSSR count). The molecule has 0 bridgehead atoms. The van der Waals surface area contributed by atoms with E-state index < -0.39 is 0 Å². The number of hydrogen-bond donors (Lipinski definition) is 2. The number of carbonyl (C=O) groups is 1. The standard InChI is InChI=1S/C17H22N4O2/c1-11-9-12(2)16(13(3)10-11)19-17(22)14-5-6-15(21-20-14)18-7-8-23-4/h5-6,9-10H,7-8H2,1-4H3,(H,18,21)(H,19,22). The monoisotopic (exact) mass is 314 g/mol. The van der Waals surface area contributed by atoms with Crippen LogP contribution in [-0.4, -0.2) is 36.4 Å². The lowest BCUT2D eigenvalue weighted by Gasteiger charge is -2.12. The van der Waals surface area contributed by atoms with E-state index in [1.54, 1.807) is 19.2 Å². The van der Waals surface area contributed by atoms with E-state index >= 15 is 0 Å². The first-order chi connectivity index (χ1) is 11.0. The van der Waals surface area contributed by atoms with E-state index in [0.29, 0.717) is 19.0 Å². The van der Waals surface area contributed by atoms with Crippen LogP contribution in [0.25, 0.3) is 0 Å². The fourth-order valence-electron chi connectivity index (χ4n) is 2.38. The number of anilines is 2. The first kappa shape index (κ1) is 16.9. The van der Waals surface area contributed by atoms with Crippen LogP contribution < -0.4 is 10.6 Å². The molecule has 2 aromatic rings. The van der Waals surface area contributed by atoms with Crippen molar-refractivity contribution < 1.29 is 9.53 Å². The van der Waals surface area contributed by atoms with Crippen molar-refractivity contribution in [2.45, 2.75) is 20.8 Å². The van der Waals surface area contributed by atoms with Crippen LogP contribution in [0.15, 0.2) is 24.3 Å². The van der Waals surface area contributed by atoms with Crippen molar-refractivity contribution in [3.05, 3.63) is 46.6 Å². The van der Waals surface area contributed by atoms with E-state index in [0.717, 1.165) is 16.8 Å². The third-order valence-electron chi connectivity index (χ3n) is 3.43. The normalized spacial score (nSPS) is 10.4. The van der Waals surface area contributed by atoms with Crippen LogP contribution in [0.3, 0.4) is 0 Å². The predicted molar refractivity (Wildman–Crippen MR) is 91.0 cm³/mol. The maximum absolute atomic E-state index is 12.3. The second-order valence-electron chi connectivity index (χ2n) is 5.45. The molecule has 0 aliphatic rings. The lowest BCUT2D eigenvalue weighted by molar-refractivity contribution is 0.102. The van der Waals surface area contributed by atoms with Crippen LogP contribution in [0.5, 0.6) is 0 Å². The van der Waals surface area contributed by atoms with Gasteiger partial charge in [-0.1, -0.05) is 17.7 Å². The van der Waals surface area contributed by atoms with Crippen LogP contribution in [0.2, 0.25) is 0 Å². The summed E-state index contributed by atoms with van der Waals surface area (Å²) in [6.45, 7) is 7.20. The maximum atomic E-state index is 12.3. The van der Waals surface area contributed by atoms with Gasteiger partial charge in [0.2, 0.25) is 0 Å². The number of aryl methyl sites for hydroxylation is 3. The van der Waals surface area contributed by atoms with Crippen LogP contribution in [0.4, 0.5) is 11.5 Å². The molecular formula is C17H22N4O2. The summed E-state index contributed by atoms with van der Waals surface area (Å²) in [6.07, 6.45) is 0. The summed E-state index contributed by atoms with van der Waals surface area (Å²) in [5, 5.41) is 13.9. The zero-order valence-corrected chi connectivity index (χ0v) is 13.9. The van der Waals surface area contributed by atoms with Gasteiger partial charge in [-0.25, -0.2) is 0 Å². The number of rotatable bonds is 6. The second kappa shape index (κ2) is 7.69. The molecule has 0 radical (unpaired) electrons. The van der Waals surface area contributed by atoms with Crippen LogP contribution in [0.1, 0.15) is 27.2 Å². The molecule has 0 fully saturated rings. The second-order valence-corrected chi connectivity index (χ2v) is 5.45. The first-order valence-corrected chi connectivity index (χ1v) is 7.47. The minimum absolute atomic E-state index is 0.268. The quantitative estimate of drug-likeness (QED) is 0.802. The molecule has 23 heavy (non-hydrogen) atoms. The van der Waals surface area contributed by atoms with Gasteiger partial charge in [-0.2, -0.15) is 0 Å². The number of carbonyl (C=O) groups excluding carboxylic acids is 1. The van der Waals surface area contributed by atoms with E-state index in [-0.39, 0.29) is 11.6 Å². The van der Waals surface area contributed by atoms with Gasteiger partial charge in [0.05, 0.1) is 6.61 Å². The first-order valence-electron chi connectivity index (χ1n) is 7.47. The number of hydrogen-bond acceptors (Lipinski definition) is 5. The van der Waals surface area contributed by atoms with Crippen molar-refractivity contribution in [3.63, 3.8) is 0 Å². The van der Waals surface area contributed by atoms with E-state index in [1.165, 1.54) is 5.56 Å². The van der Waals surface area contributed by atoms with Gasteiger partial charge >= 0.3 is 0 Å². The Morgan fingerprint density at radius 3 is 2.39 bits per heavy atom. The van der Waals surface area contributed by atoms with E-state index in [2.05, 4.69) is 20.8 Å². The third kappa shape index (κ3) is 4.50. The number of amides is 1. The van der Waals surface area contributed by atoms with Crippen molar-refractivity contribution in [2.75, 3.05) is 30.9 Å². The van der Waals surface area contributed by atoms with Gasteiger partial charge < -0.3 is 15.4 Å². The van der Waals surface area contributed by atoms with Gasteiger partial charge in [-0.3, -0.25) is 4.79 Å². The fraction of sp³-hybridized carbons (Fsp3) is 0.353. The Hall–Kier alpha value is -2.47. The summed E-state index contributed by atoms with van der Waals surface area (Å²) in [4.78, 5) is 12.3. The van der Waals surface area contributed by atoms with Crippen LogP contribution >= 0.6 is 0 Å². The number of nitrogens with one attached hydrogen (secondary N) is 2. The molecule has 0 atom stereocenters. The average Bonchev–Trinajstić information content (AvgIpc) is 2.51. The molecule has 6 nitrogen and oxygen atoms in total. The summed E-state index contributed by atoms with van der Waals surface area (Å²) < 4.78 is 4.95. The number of benzene rings is 1. The van der Waals surface area contributed by atoms with E-state index in [1.807, 2.05) is 32.9 Å². The lowest BCUT2D eigenvalue weighted by atomic mass is 10.1. The van der Waals surface area contributed by atoms with Crippen molar-refractivity contribution in [1.82, 2.24) is 10.2 Å². The minimum atomic E-state index is -0.268. The van der Waals surface area contributed by atoms with Crippen molar-refractivity contribution in [3.8, 4) is 0 Å². The summed E-state index contributed by atoms with van der Waals surface area (Å²) in [5.41, 5.74) is 4.33. The summed E-state index contributed by atoms with van der Waals surface area (Å²) in [5.74, 6) is 0.345. The third-order valence-corrected chi connectivity index (χ3v) is 3.43. The Bertz CT molecular complexity index is 660. The van der Waals surface area contributed by atoms with Gasteiger partial charge in [0.25, 0.3) is 5.91 Å². The topological polar surface area (TPSA) is 76.1 Å². The Balaban J connectivity index is 2.06. The lowest BCUT2D eigenvalue weighted by Crippen LogP contribution is -2.17. The van der Waals surface area contributed by atoms with Crippen LogP contribution in [-0.2, 0) is 4.74 Å². The Morgan fingerprint density at radius 2 is 1.83 bits per heavy atom. The minimum Gasteiger partial charge on any atom is -0.383 e. The smallest absolute Gasteiger partial charge is 0.276 e. The number of aromatic nitrogens is 2. The largest absolute Gasteiger partial charge is 0.383 e. The van der Waals surface area contributed by atoms with Crippen molar-refractivity contribution in [2.24, 2.45) is 0 Å².